The van der Waals surface area contributed by atoms with E-state index in [-0.39, 0.29) is 24.0 Å². The third kappa shape index (κ3) is 4.05. The molecule has 1 aromatic carbocycles. The third-order valence-corrected chi connectivity index (χ3v) is 5.30. The molecule has 2 aliphatic heterocycles. The number of likely N-dealkylation sites (N-methyl/N-ethyl adjacent to an activating group) is 1. The first-order valence-corrected chi connectivity index (χ1v) is 9.77. The quantitative estimate of drug-likeness (QED) is 0.727. The lowest BCUT2D eigenvalue weighted by Crippen LogP contribution is -2.38. The number of anilines is 1. The average molecular weight is 445 g/mol. The summed E-state index contributed by atoms with van der Waals surface area (Å²) in [6.07, 6.45) is -3.27. The van der Waals surface area contributed by atoms with Crippen LogP contribution in [0.1, 0.15) is 18.4 Å². The lowest BCUT2D eigenvalue weighted by Gasteiger charge is -2.28. The van der Waals surface area contributed by atoms with Crippen LogP contribution in [0.3, 0.4) is 0 Å². The zero-order chi connectivity index (χ0) is 23.0. The van der Waals surface area contributed by atoms with Gasteiger partial charge in [-0.2, -0.15) is 13.2 Å². The van der Waals surface area contributed by atoms with Crippen molar-refractivity contribution < 1.29 is 27.6 Å². The molecule has 2 aromatic rings. The number of imide groups is 1. The molecule has 0 atom stereocenters. The second-order valence-corrected chi connectivity index (χ2v) is 7.45. The van der Waals surface area contributed by atoms with E-state index in [0.717, 1.165) is 17.0 Å². The van der Waals surface area contributed by atoms with Crippen molar-refractivity contribution in [1.29, 1.82) is 0 Å². The lowest BCUT2D eigenvalue weighted by molar-refractivity contribution is -0.138. The van der Waals surface area contributed by atoms with Crippen molar-refractivity contribution in [3.05, 3.63) is 53.2 Å². The summed E-state index contributed by atoms with van der Waals surface area (Å²) >= 11 is 0. The van der Waals surface area contributed by atoms with Crippen LogP contribution in [0.5, 0.6) is 0 Å². The number of aromatic nitrogens is 2. The van der Waals surface area contributed by atoms with Gasteiger partial charge in [0.25, 0.3) is 11.8 Å². The molecule has 0 spiro atoms. The molecule has 8 nitrogen and oxygen atoms in total. The summed E-state index contributed by atoms with van der Waals surface area (Å²) in [6, 6.07) is 7.52. The van der Waals surface area contributed by atoms with Crippen LogP contribution in [0.2, 0.25) is 0 Å². The van der Waals surface area contributed by atoms with Gasteiger partial charge in [-0.05, 0) is 37.1 Å². The normalized spacial score (nSPS) is 16.5. The number of alkyl halides is 3. The van der Waals surface area contributed by atoms with Crippen molar-refractivity contribution in [2.24, 2.45) is 0 Å². The maximum Gasteiger partial charge on any atom is 0.416 e. The molecular formula is C21H18F3N5O3. The highest BCUT2D eigenvalue weighted by Gasteiger charge is 2.40. The minimum atomic E-state index is -4.42. The topological polar surface area (TPSA) is 95.5 Å². The van der Waals surface area contributed by atoms with Crippen LogP contribution >= 0.6 is 0 Å². The summed E-state index contributed by atoms with van der Waals surface area (Å²) in [5.41, 5.74) is 0.730. The zero-order valence-electron chi connectivity index (χ0n) is 16.9. The van der Waals surface area contributed by atoms with Gasteiger partial charge in [0.1, 0.15) is 5.70 Å². The summed E-state index contributed by atoms with van der Waals surface area (Å²) in [5, 5.41) is 10.4. The van der Waals surface area contributed by atoms with Gasteiger partial charge in [0, 0.05) is 24.7 Å². The van der Waals surface area contributed by atoms with Crippen LogP contribution in [0.15, 0.2) is 47.7 Å². The summed E-state index contributed by atoms with van der Waals surface area (Å²) < 4.78 is 38.1. The van der Waals surface area contributed by atoms with E-state index in [1.807, 2.05) is 0 Å². The Morgan fingerprint density at radius 3 is 2.41 bits per heavy atom. The Morgan fingerprint density at radius 1 is 1.06 bits per heavy atom. The molecule has 11 heteroatoms. The molecule has 1 aromatic heterocycles. The predicted octanol–water partition coefficient (Wildman–Crippen LogP) is 2.45. The van der Waals surface area contributed by atoms with E-state index in [1.54, 1.807) is 4.90 Å². The average Bonchev–Trinajstić information content (AvgIpc) is 2.98. The number of nitrogens with zero attached hydrogens (tertiary/aromatic N) is 4. The smallest absolute Gasteiger partial charge is 0.357 e. The van der Waals surface area contributed by atoms with Crippen LogP contribution in [-0.4, -0.2) is 57.9 Å². The van der Waals surface area contributed by atoms with E-state index in [0.29, 0.717) is 36.2 Å². The Bertz CT molecular complexity index is 1110. The SMILES string of the molecule is CN1C(=O)C2=C(C1=O)N(CC(=O)Nc1ccc(-c3ccc(C(F)(F)F)cc3)nn1)CCC2. The Hall–Kier alpha value is -3.76. The number of rotatable bonds is 4. The molecule has 3 heterocycles. The molecule has 0 saturated heterocycles. The fourth-order valence-corrected chi connectivity index (χ4v) is 3.69. The van der Waals surface area contributed by atoms with Crippen LogP contribution in [0.25, 0.3) is 11.3 Å². The Labute approximate surface area is 180 Å². The van der Waals surface area contributed by atoms with E-state index >= 15 is 0 Å². The standard InChI is InChI=1S/C21H18F3N5O3/c1-28-19(31)14-3-2-10-29(18(14)20(28)32)11-17(30)25-16-9-8-15(26-27-16)12-4-6-13(7-5-12)21(22,23)24/h4-9H,2-3,10-11H2,1H3,(H,25,27,30). The van der Waals surface area contributed by atoms with Gasteiger partial charge in [-0.3, -0.25) is 19.3 Å². The molecule has 3 amide bonds. The third-order valence-electron chi connectivity index (χ3n) is 5.30. The van der Waals surface area contributed by atoms with Gasteiger partial charge in [0.05, 0.1) is 17.8 Å². The van der Waals surface area contributed by atoms with Crippen molar-refractivity contribution in [3.8, 4) is 11.3 Å². The Morgan fingerprint density at radius 2 is 1.78 bits per heavy atom. The van der Waals surface area contributed by atoms with Gasteiger partial charge in [-0.15, -0.1) is 10.2 Å². The highest BCUT2D eigenvalue weighted by Crippen LogP contribution is 2.31. The summed E-state index contributed by atoms with van der Waals surface area (Å²) in [5.74, 6) is -1.04. The monoisotopic (exact) mass is 445 g/mol. The highest BCUT2D eigenvalue weighted by molar-refractivity contribution is 6.19. The Kier molecular flexibility index (Phi) is 5.41. The van der Waals surface area contributed by atoms with Gasteiger partial charge in [-0.25, -0.2) is 0 Å². The van der Waals surface area contributed by atoms with Crippen LogP contribution in [-0.2, 0) is 20.6 Å². The number of carbonyl (C=O) groups excluding carboxylic acids is 3. The first-order chi connectivity index (χ1) is 15.1. The second-order valence-electron chi connectivity index (χ2n) is 7.45. The fraction of sp³-hybridized carbons (Fsp3) is 0.286. The number of halogens is 3. The molecule has 0 unspecified atom stereocenters. The van der Waals surface area contributed by atoms with E-state index in [9.17, 15) is 27.6 Å². The first kappa shape index (κ1) is 21.5. The van der Waals surface area contributed by atoms with Gasteiger partial charge in [0.2, 0.25) is 5.91 Å². The summed E-state index contributed by atoms with van der Waals surface area (Å²) in [7, 11) is 1.41. The largest absolute Gasteiger partial charge is 0.416 e. The molecule has 0 radical (unpaired) electrons. The molecule has 4 rings (SSSR count). The van der Waals surface area contributed by atoms with Gasteiger partial charge in [-0.1, -0.05) is 12.1 Å². The van der Waals surface area contributed by atoms with Crippen molar-refractivity contribution in [1.82, 2.24) is 20.0 Å². The maximum atomic E-state index is 12.7. The molecule has 1 N–H and O–H groups in total. The summed E-state index contributed by atoms with van der Waals surface area (Å²) in [4.78, 5) is 39.6. The number of hydrogen-bond acceptors (Lipinski definition) is 6. The first-order valence-electron chi connectivity index (χ1n) is 9.77. The number of carbonyl (C=O) groups is 3. The molecule has 32 heavy (non-hydrogen) atoms. The molecule has 0 fully saturated rings. The molecule has 166 valence electrons. The molecule has 0 bridgehead atoms. The van der Waals surface area contributed by atoms with Gasteiger partial charge >= 0.3 is 6.18 Å². The van der Waals surface area contributed by atoms with E-state index in [4.69, 9.17) is 0 Å². The van der Waals surface area contributed by atoms with E-state index in [2.05, 4.69) is 15.5 Å². The zero-order valence-corrected chi connectivity index (χ0v) is 16.9. The number of hydrogen-bond donors (Lipinski definition) is 1. The Balaban J connectivity index is 1.41. The van der Waals surface area contributed by atoms with Crippen molar-refractivity contribution in [2.75, 3.05) is 25.5 Å². The highest BCUT2D eigenvalue weighted by atomic mass is 19.4. The number of amides is 3. The maximum absolute atomic E-state index is 12.7. The minimum Gasteiger partial charge on any atom is -0.357 e. The van der Waals surface area contributed by atoms with Crippen molar-refractivity contribution in [3.63, 3.8) is 0 Å². The van der Waals surface area contributed by atoms with Gasteiger partial charge < -0.3 is 10.2 Å². The lowest BCUT2D eigenvalue weighted by atomic mass is 10.0. The minimum absolute atomic E-state index is 0.131. The molecular weight excluding hydrogens is 427 g/mol. The second kappa shape index (κ2) is 8.06. The van der Waals surface area contributed by atoms with Crippen LogP contribution in [0.4, 0.5) is 19.0 Å². The number of benzene rings is 1. The molecule has 0 saturated carbocycles. The molecule has 0 aliphatic carbocycles. The van der Waals surface area contributed by atoms with Crippen molar-refractivity contribution >= 4 is 23.5 Å². The number of nitrogens with one attached hydrogen (secondary N) is 1. The predicted molar refractivity (Wildman–Crippen MR) is 107 cm³/mol. The summed E-state index contributed by atoms with van der Waals surface area (Å²) in [6.45, 7) is 0.339. The molecule has 2 aliphatic rings. The fourth-order valence-electron chi connectivity index (χ4n) is 3.69. The van der Waals surface area contributed by atoms with Crippen molar-refractivity contribution in [2.45, 2.75) is 19.0 Å². The van der Waals surface area contributed by atoms with Crippen LogP contribution < -0.4 is 5.32 Å². The van der Waals surface area contributed by atoms with Gasteiger partial charge in [0.15, 0.2) is 5.82 Å². The van der Waals surface area contributed by atoms with E-state index < -0.39 is 23.6 Å². The van der Waals surface area contributed by atoms with E-state index in [1.165, 1.54) is 31.3 Å². The van der Waals surface area contributed by atoms with Crippen LogP contribution in [0, 0.1) is 0 Å².